The molecule has 0 radical (unpaired) electrons. The van der Waals surface area contributed by atoms with Crippen molar-refractivity contribution in [2.45, 2.75) is 32.2 Å². The maximum absolute atomic E-state index is 12.4. The van der Waals surface area contributed by atoms with Crippen molar-refractivity contribution in [1.82, 2.24) is 9.88 Å². The molecule has 0 unspecified atom stereocenters. The van der Waals surface area contributed by atoms with Crippen LogP contribution in [0, 0.1) is 0 Å². The van der Waals surface area contributed by atoms with Gasteiger partial charge < -0.3 is 9.62 Å². The predicted octanol–water partition coefficient (Wildman–Crippen LogP) is 2.79. The fraction of sp³-hybridized carbons (Fsp3) is 0.538. The van der Waals surface area contributed by atoms with Crippen LogP contribution in [0.25, 0.3) is 0 Å². The zero-order valence-electron chi connectivity index (χ0n) is 10.8. The molecular weight excluding hydrogens is 246 g/mol. The SMILES string of the molecule is CSNc1cc(C(=O)N2CCCC[C@H]2C)ccn1. The van der Waals surface area contributed by atoms with Crippen LogP contribution >= 0.6 is 11.9 Å². The molecule has 1 N–H and O–H groups in total. The number of nitrogens with zero attached hydrogens (tertiary/aromatic N) is 2. The Kier molecular flexibility index (Phi) is 4.47. The quantitative estimate of drug-likeness (QED) is 0.854. The highest BCUT2D eigenvalue weighted by Crippen LogP contribution is 2.20. The fourth-order valence-electron chi connectivity index (χ4n) is 2.29. The molecule has 0 aliphatic carbocycles. The first-order valence-corrected chi connectivity index (χ1v) is 7.51. The highest BCUT2D eigenvalue weighted by Gasteiger charge is 2.24. The third-order valence-electron chi connectivity index (χ3n) is 3.28. The second kappa shape index (κ2) is 6.09. The number of hydrogen-bond donors (Lipinski definition) is 1. The van der Waals surface area contributed by atoms with Crippen molar-refractivity contribution in [1.29, 1.82) is 0 Å². The minimum absolute atomic E-state index is 0.119. The lowest BCUT2D eigenvalue weighted by Gasteiger charge is -2.33. The van der Waals surface area contributed by atoms with Crippen molar-refractivity contribution in [2.24, 2.45) is 0 Å². The number of piperidine rings is 1. The van der Waals surface area contributed by atoms with E-state index in [0.717, 1.165) is 30.8 Å². The van der Waals surface area contributed by atoms with Crippen LogP contribution < -0.4 is 4.72 Å². The van der Waals surface area contributed by atoms with Crippen molar-refractivity contribution in [3.63, 3.8) is 0 Å². The second-order valence-electron chi connectivity index (χ2n) is 4.58. The van der Waals surface area contributed by atoms with Gasteiger partial charge in [0.1, 0.15) is 5.82 Å². The van der Waals surface area contributed by atoms with Crippen LogP contribution in [0.15, 0.2) is 18.3 Å². The molecule has 1 aliphatic rings. The van der Waals surface area contributed by atoms with Crippen molar-refractivity contribution in [3.8, 4) is 0 Å². The van der Waals surface area contributed by atoms with Gasteiger partial charge in [-0.3, -0.25) is 4.79 Å². The lowest BCUT2D eigenvalue weighted by atomic mass is 10.0. The number of amides is 1. The lowest BCUT2D eigenvalue weighted by Crippen LogP contribution is -2.42. The summed E-state index contributed by atoms with van der Waals surface area (Å²) >= 11 is 1.47. The van der Waals surface area contributed by atoms with E-state index in [1.807, 2.05) is 17.2 Å². The van der Waals surface area contributed by atoms with Gasteiger partial charge in [-0.05, 0) is 38.3 Å². The molecule has 1 atom stereocenters. The molecule has 0 spiro atoms. The predicted molar refractivity (Wildman–Crippen MR) is 75.7 cm³/mol. The topological polar surface area (TPSA) is 45.2 Å². The summed E-state index contributed by atoms with van der Waals surface area (Å²) in [7, 11) is 0. The van der Waals surface area contributed by atoms with E-state index >= 15 is 0 Å². The smallest absolute Gasteiger partial charge is 0.254 e. The van der Waals surface area contributed by atoms with Crippen molar-refractivity contribution < 1.29 is 4.79 Å². The maximum atomic E-state index is 12.4. The second-order valence-corrected chi connectivity index (χ2v) is 5.19. The summed E-state index contributed by atoms with van der Waals surface area (Å²) in [5.41, 5.74) is 0.718. The molecule has 1 saturated heterocycles. The molecule has 0 aromatic carbocycles. The number of rotatable bonds is 3. The summed E-state index contributed by atoms with van der Waals surface area (Å²) in [4.78, 5) is 18.6. The van der Waals surface area contributed by atoms with Gasteiger partial charge in [0.05, 0.1) is 0 Å². The van der Waals surface area contributed by atoms with E-state index in [1.54, 1.807) is 12.3 Å². The molecule has 0 bridgehead atoms. The van der Waals surface area contributed by atoms with E-state index in [-0.39, 0.29) is 5.91 Å². The van der Waals surface area contributed by atoms with Crippen LogP contribution in [-0.4, -0.2) is 34.6 Å². The summed E-state index contributed by atoms with van der Waals surface area (Å²) in [5, 5.41) is 0. The summed E-state index contributed by atoms with van der Waals surface area (Å²) < 4.78 is 3.05. The Morgan fingerprint density at radius 1 is 1.56 bits per heavy atom. The third-order valence-corrected chi connectivity index (χ3v) is 3.69. The number of pyridine rings is 1. The van der Waals surface area contributed by atoms with E-state index in [1.165, 1.54) is 18.4 Å². The standard InChI is InChI=1S/C13H19N3OS/c1-10-5-3-4-8-16(10)13(17)11-6-7-14-12(9-11)15-18-2/h6-7,9-10H,3-5,8H2,1-2H3,(H,14,15)/t10-/m1/s1. The van der Waals surface area contributed by atoms with E-state index in [4.69, 9.17) is 0 Å². The van der Waals surface area contributed by atoms with Crippen LogP contribution in [0.3, 0.4) is 0 Å². The molecule has 4 nitrogen and oxygen atoms in total. The first-order chi connectivity index (χ1) is 8.72. The highest BCUT2D eigenvalue weighted by molar-refractivity contribution is 7.99. The lowest BCUT2D eigenvalue weighted by molar-refractivity contribution is 0.0635. The molecule has 98 valence electrons. The molecule has 1 aromatic rings. The molecule has 1 aromatic heterocycles. The van der Waals surface area contributed by atoms with Crippen molar-refractivity contribution in [3.05, 3.63) is 23.9 Å². The number of carbonyl (C=O) groups excluding carboxylic acids is 1. The largest absolute Gasteiger partial charge is 0.336 e. The van der Waals surface area contributed by atoms with Gasteiger partial charge in [-0.15, -0.1) is 0 Å². The fourth-order valence-corrected chi connectivity index (χ4v) is 2.61. The van der Waals surface area contributed by atoms with Gasteiger partial charge in [-0.25, -0.2) is 4.98 Å². The Morgan fingerprint density at radius 3 is 3.11 bits per heavy atom. The van der Waals surface area contributed by atoms with E-state index in [9.17, 15) is 4.79 Å². The minimum Gasteiger partial charge on any atom is -0.336 e. The highest BCUT2D eigenvalue weighted by atomic mass is 32.2. The number of anilines is 1. The summed E-state index contributed by atoms with van der Waals surface area (Å²) in [5.74, 6) is 0.853. The van der Waals surface area contributed by atoms with Crippen LogP contribution in [0.4, 0.5) is 5.82 Å². The van der Waals surface area contributed by atoms with Crippen molar-refractivity contribution >= 4 is 23.7 Å². The molecule has 1 aliphatic heterocycles. The summed E-state index contributed by atoms with van der Waals surface area (Å²) in [6.07, 6.45) is 7.05. The van der Waals surface area contributed by atoms with Crippen LogP contribution in [0.5, 0.6) is 0 Å². The molecular formula is C13H19N3OS. The molecule has 5 heteroatoms. The average molecular weight is 265 g/mol. The van der Waals surface area contributed by atoms with Gasteiger partial charge in [0, 0.05) is 30.6 Å². The Balaban J connectivity index is 2.14. The Hall–Kier alpha value is -1.23. The van der Waals surface area contributed by atoms with Crippen LogP contribution in [0.1, 0.15) is 36.5 Å². The number of hydrogen-bond acceptors (Lipinski definition) is 4. The van der Waals surface area contributed by atoms with E-state index < -0.39 is 0 Å². The van der Waals surface area contributed by atoms with Gasteiger partial charge >= 0.3 is 0 Å². The summed E-state index contributed by atoms with van der Waals surface area (Å²) in [6, 6.07) is 3.95. The van der Waals surface area contributed by atoms with Gasteiger partial charge in [0.15, 0.2) is 0 Å². The normalized spacial score (nSPS) is 19.7. The number of carbonyl (C=O) groups is 1. The average Bonchev–Trinajstić information content (AvgIpc) is 2.39. The monoisotopic (exact) mass is 265 g/mol. The van der Waals surface area contributed by atoms with E-state index in [0.29, 0.717) is 6.04 Å². The number of likely N-dealkylation sites (tertiary alicyclic amines) is 1. The van der Waals surface area contributed by atoms with Gasteiger partial charge in [-0.1, -0.05) is 11.9 Å². The van der Waals surface area contributed by atoms with E-state index in [2.05, 4.69) is 16.6 Å². The molecule has 18 heavy (non-hydrogen) atoms. The Bertz CT molecular complexity index is 424. The zero-order valence-corrected chi connectivity index (χ0v) is 11.7. The maximum Gasteiger partial charge on any atom is 0.254 e. The third kappa shape index (κ3) is 2.96. The summed E-state index contributed by atoms with van der Waals surface area (Å²) in [6.45, 7) is 2.99. The van der Waals surface area contributed by atoms with Crippen molar-refractivity contribution in [2.75, 3.05) is 17.5 Å². The molecule has 1 amide bonds. The molecule has 0 saturated carbocycles. The minimum atomic E-state index is 0.119. The Morgan fingerprint density at radius 2 is 2.39 bits per heavy atom. The van der Waals surface area contributed by atoms with Gasteiger partial charge in [0.2, 0.25) is 0 Å². The molecule has 2 heterocycles. The van der Waals surface area contributed by atoms with Crippen LogP contribution in [-0.2, 0) is 0 Å². The van der Waals surface area contributed by atoms with Gasteiger partial charge in [0.25, 0.3) is 5.91 Å². The zero-order chi connectivity index (χ0) is 13.0. The number of nitrogens with one attached hydrogen (secondary N) is 1. The first-order valence-electron chi connectivity index (χ1n) is 6.28. The molecule has 1 fully saturated rings. The van der Waals surface area contributed by atoms with Gasteiger partial charge in [-0.2, -0.15) is 0 Å². The first kappa shape index (κ1) is 13.2. The molecule has 2 rings (SSSR count). The van der Waals surface area contributed by atoms with Crippen LogP contribution in [0.2, 0.25) is 0 Å². The Labute approximate surface area is 112 Å². The number of aromatic nitrogens is 1.